The number of aliphatic hydroxyl groups excluding tert-OH is 1. The predicted molar refractivity (Wildman–Crippen MR) is 113 cm³/mol. The molecule has 2 unspecified atom stereocenters. The standard InChI is InChI=1S/C21H24F6N4O2S/c1-12(13-4-3-5-14(10-13)20(22,23)24)28-18(33)16-17(21(25,26)27)29-19(34-16)15(32)11-31-8-6-30(2)7-9-31/h3-5,10,12,15,32H,6-9,11H2,1-2H3,(H,28,33). The number of rotatable bonds is 6. The average molecular weight is 511 g/mol. The first-order chi connectivity index (χ1) is 15.8. The Kier molecular flexibility index (Phi) is 7.90. The van der Waals surface area contributed by atoms with Gasteiger partial charge in [-0.15, -0.1) is 11.3 Å². The Morgan fingerprint density at radius 1 is 1.15 bits per heavy atom. The first-order valence-corrected chi connectivity index (χ1v) is 11.2. The zero-order valence-electron chi connectivity index (χ0n) is 18.4. The summed E-state index contributed by atoms with van der Waals surface area (Å²) in [4.78, 5) is 19.4. The topological polar surface area (TPSA) is 68.7 Å². The summed E-state index contributed by atoms with van der Waals surface area (Å²) in [6, 6.07) is 3.17. The van der Waals surface area contributed by atoms with Gasteiger partial charge in [-0.1, -0.05) is 12.1 Å². The molecule has 1 aliphatic rings. The van der Waals surface area contributed by atoms with Crippen LogP contribution in [-0.2, 0) is 12.4 Å². The van der Waals surface area contributed by atoms with Crippen molar-refractivity contribution in [1.82, 2.24) is 20.1 Å². The van der Waals surface area contributed by atoms with Crippen LogP contribution in [0.1, 0.15) is 50.6 Å². The molecule has 34 heavy (non-hydrogen) atoms. The Balaban J connectivity index is 1.78. The second-order valence-electron chi connectivity index (χ2n) is 8.17. The van der Waals surface area contributed by atoms with E-state index in [0.29, 0.717) is 24.4 Å². The van der Waals surface area contributed by atoms with Gasteiger partial charge >= 0.3 is 12.4 Å². The molecule has 6 nitrogen and oxygen atoms in total. The Morgan fingerprint density at radius 2 is 1.79 bits per heavy atom. The number of thiazole rings is 1. The Morgan fingerprint density at radius 3 is 2.38 bits per heavy atom. The molecule has 1 fully saturated rings. The van der Waals surface area contributed by atoms with E-state index in [0.717, 1.165) is 31.3 Å². The van der Waals surface area contributed by atoms with E-state index >= 15 is 0 Å². The SMILES string of the molecule is CC(NC(=O)c1sc(C(O)CN2CCN(C)CC2)nc1C(F)(F)F)c1cccc(C(F)(F)F)c1. The molecule has 1 amide bonds. The van der Waals surface area contributed by atoms with E-state index in [2.05, 4.69) is 15.2 Å². The summed E-state index contributed by atoms with van der Waals surface area (Å²) in [5.74, 6) is -1.13. The monoisotopic (exact) mass is 510 g/mol. The number of nitrogens with zero attached hydrogens (tertiary/aromatic N) is 3. The second kappa shape index (κ2) is 10.2. The summed E-state index contributed by atoms with van der Waals surface area (Å²) >= 11 is 0.426. The van der Waals surface area contributed by atoms with Crippen molar-refractivity contribution >= 4 is 17.2 Å². The molecule has 13 heteroatoms. The summed E-state index contributed by atoms with van der Waals surface area (Å²) in [7, 11) is 1.94. The molecule has 188 valence electrons. The fraction of sp³-hybridized carbons (Fsp3) is 0.524. The molecular weight excluding hydrogens is 486 g/mol. The van der Waals surface area contributed by atoms with Gasteiger partial charge in [0.15, 0.2) is 5.69 Å². The number of piperazine rings is 1. The normalized spacial score (nSPS) is 18.0. The number of nitrogens with one attached hydrogen (secondary N) is 1. The Bertz CT molecular complexity index is 1000. The van der Waals surface area contributed by atoms with E-state index in [1.54, 1.807) is 0 Å². The van der Waals surface area contributed by atoms with Gasteiger partial charge in [-0.25, -0.2) is 4.98 Å². The molecule has 0 saturated carbocycles. The van der Waals surface area contributed by atoms with Crippen LogP contribution in [0, 0.1) is 0 Å². The maximum absolute atomic E-state index is 13.6. The van der Waals surface area contributed by atoms with E-state index < -0.39 is 46.5 Å². The summed E-state index contributed by atoms with van der Waals surface area (Å²) in [6.07, 6.45) is -10.9. The van der Waals surface area contributed by atoms with Crippen molar-refractivity contribution in [2.24, 2.45) is 0 Å². The third kappa shape index (κ3) is 6.46. The fourth-order valence-electron chi connectivity index (χ4n) is 3.51. The number of amides is 1. The molecule has 3 rings (SSSR count). The zero-order chi connectivity index (χ0) is 25.3. The van der Waals surface area contributed by atoms with Crippen LogP contribution in [0.4, 0.5) is 26.3 Å². The van der Waals surface area contributed by atoms with Gasteiger partial charge in [0.25, 0.3) is 5.91 Å². The number of benzene rings is 1. The van der Waals surface area contributed by atoms with Crippen LogP contribution in [-0.4, -0.2) is 65.6 Å². The van der Waals surface area contributed by atoms with E-state index in [9.17, 15) is 36.2 Å². The molecule has 1 aromatic carbocycles. The van der Waals surface area contributed by atoms with E-state index in [-0.39, 0.29) is 17.1 Å². The maximum atomic E-state index is 13.6. The van der Waals surface area contributed by atoms with Crippen molar-refractivity contribution in [3.63, 3.8) is 0 Å². The van der Waals surface area contributed by atoms with Crippen LogP contribution < -0.4 is 5.32 Å². The molecule has 0 aliphatic carbocycles. The van der Waals surface area contributed by atoms with Gasteiger partial charge in [0, 0.05) is 32.7 Å². The van der Waals surface area contributed by atoms with Gasteiger partial charge in [0.1, 0.15) is 16.0 Å². The molecule has 2 N–H and O–H groups in total. The first-order valence-electron chi connectivity index (χ1n) is 10.4. The highest BCUT2D eigenvalue weighted by Gasteiger charge is 2.41. The van der Waals surface area contributed by atoms with Gasteiger partial charge in [0.2, 0.25) is 0 Å². The molecule has 2 aromatic rings. The first kappa shape index (κ1) is 26.4. The Labute approximate surface area is 196 Å². The number of aromatic nitrogens is 1. The van der Waals surface area contributed by atoms with Crippen LogP contribution >= 0.6 is 11.3 Å². The number of likely N-dealkylation sites (N-methyl/N-ethyl adjacent to an activating group) is 1. The van der Waals surface area contributed by atoms with E-state index in [4.69, 9.17) is 0 Å². The predicted octanol–water partition coefficient (Wildman–Crippen LogP) is 3.95. The highest BCUT2D eigenvalue weighted by molar-refractivity contribution is 7.13. The van der Waals surface area contributed by atoms with Crippen LogP contribution in [0.5, 0.6) is 0 Å². The number of carbonyl (C=O) groups is 1. The van der Waals surface area contributed by atoms with Gasteiger partial charge in [-0.2, -0.15) is 26.3 Å². The van der Waals surface area contributed by atoms with Crippen molar-refractivity contribution in [2.45, 2.75) is 31.4 Å². The number of alkyl halides is 6. The molecular formula is C21H24F6N4O2S. The van der Waals surface area contributed by atoms with Crippen LogP contribution in [0.2, 0.25) is 0 Å². The van der Waals surface area contributed by atoms with Crippen LogP contribution in [0.25, 0.3) is 0 Å². The lowest BCUT2D eigenvalue weighted by atomic mass is 10.0. The van der Waals surface area contributed by atoms with Gasteiger partial charge in [-0.3, -0.25) is 9.69 Å². The van der Waals surface area contributed by atoms with Crippen LogP contribution in [0.15, 0.2) is 24.3 Å². The van der Waals surface area contributed by atoms with Gasteiger partial charge < -0.3 is 15.3 Å². The summed E-state index contributed by atoms with van der Waals surface area (Å²) in [6.45, 7) is 4.20. The highest BCUT2D eigenvalue weighted by atomic mass is 32.1. The fourth-order valence-corrected chi connectivity index (χ4v) is 4.47. The van der Waals surface area contributed by atoms with Crippen molar-refractivity contribution < 1.29 is 36.2 Å². The number of β-amino-alcohol motifs (C(OH)–C–C–N with tert-alkyl or cyclic N) is 1. The largest absolute Gasteiger partial charge is 0.435 e. The number of hydrogen-bond acceptors (Lipinski definition) is 6. The number of aliphatic hydroxyl groups is 1. The van der Waals surface area contributed by atoms with Crippen LogP contribution in [0.3, 0.4) is 0 Å². The molecule has 0 bridgehead atoms. The lowest BCUT2D eigenvalue weighted by molar-refractivity contribution is -0.141. The molecule has 2 heterocycles. The minimum atomic E-state index is -4.95. The zero-order valence-corrected chi connectivity index (χ0v) is 19.2. The van der Waals surface area contributed by atoms with Crippen molar-refractivity contribution in [2.75, 3.05) is 39.8 Å². The van der Waals surface area contributed by atoms with E-state index in [1.165, 1.54) is 13.0 Å². The number of hydrogen-bond donors (Lipinski definition) is 2. The van der Waals surface area contributed by atoms with Gasteiger partial charge in [0.05, 0.1) is 11.6 Å². The minimum absolute atomic E-state index is 0.0698. The smallest absolute Gasteiger partial charge is 0.385 e. The molecule has 0 radical (unpaired) electrons. The molecule has 1 aliphatic heterocycles. The van der Waals surface area contributed by atoms with Crippen molar-refractivity contribution in [1.29, 1.82) is 0 Å². The lowest BCUT2D eigenvalue weighted by Gasteiger charge is -2.33. The quantitative estimate of drug-likeness (QED) is 0.576. The Hall–Kier alpha value is -2.22. The van der Waals surface area contributed by atoms with Crippen molar-refractivity contribution in [3.05, 3.63) is 51.0 Å². The highest BCUT2D eigenvalue weighted by Crippen LogP contribution is 2.37. The maximum Gasteiger partial charge on any atom is 0.435 e. The molecule has 2 atom stereocenters. The second-order valence-corrected chi connectivity index (χ2v) is 9.20. The lowest BCUT2D eigenvalue weighted by Crippen LogP contribution is -2.45. The third-order valence-corrected chi connectivity index (χ3v) is 6.65. The summed E-state index contributed by atoms with van der Waals surface area (Å²) in [5, 5.41) is 12.5. The molecule has 0 spiro atoms. The molecule has 1 saturated heterocycles. The summed E-state index contributed by atoms with van der Waals surface area (Å²) in [5.41, 5.74) is -2.29. The number of carbonyl (C=O) groups excluding carboxylic acids is 1. The minimum Gasteiger partial charge on any atom is -0.385 e. The average Bonchev–Trinajstić information content (AvgIpc) is 3.21. The summed E-state index contributed by atoms with van der Waals surface area (Å²) < 4.78 is 79.6. The van der Waals surface area contributed by atoms with Gasteiger partial charge in [-0.05, 0) is 31.7 Å². The van der Waals surface area contributed by atoms with Crippen molar-refractivity contribution in [3.8, 4) is 0 Å². The number of halogens is 6. The third-order valence-electron chi connectivity index (χ3n) is 5.49. The molecule has 1 aromatic heterocycles. The van der Waals surface area contributed by atoms with E-state index in [1.807, 2.05) is 11.9 Å².